The van der Waals surface area contributed by atoms with Crippen molar-refractivity contribution in [2.75, 3.05) is 5.73 Å². The van der Waals surface area contributed by atoms with E-state index in [1.54, 1.807) is 0 Å². The highest BCUT2D eigenvalue weighted by Gasteiger charge is 2.26. The Labute approximate surface area is 106 Å². The predicted octanol–water partition coefficient (Wildman–Crippen LogP) is 3.42. The largest absolute Gasteiger partial charge is 0.383 e. The minimum Gasteiger partial charge on any atom is -0.383 e. The van der Waals surface area contributed by atoms with E-state index in [1.165, 1.54) is 0 Å². The standard InChI is InChI=1S/C12H20BrN3/c1-11(2,3)8-7(13)9(14)16-10(15-8)12(4,5)6/h1-6H3,(H2,14,15,16). The van der Waals surface area contributed by atoms with Crippen LogP contribution in [-0.4, -0.2) is 9.97 Å². The minimum absolute atomic E-state index is 0.0457. The third-order valence-electron chi connectivity index (χ3n) is 2.26. The summed E-state index contributed by atoms with van der Waals surface area (Å²) < 4.78 is 0.813. The fraction of sp³-hybridized carbons (Fsp3) is 0.667. The summed E-state index contributed by atoms with van der Waals surface area (Å²) in [5.74, 6) is 1.31. The van der Waals surface area contributed by atoms with Crippen LogP contribution in [0, 0.1) is 0 Å². The lowest BCUT2D eigenvalue weighted by atomic mass is 9.90. The van der Waals surface area contributed by atoms with Gasteiger partial charge in [-0.25, -0.2) is 9.97 Å². The number of nitrogen functional groups attached to an aromatic ring is 1. The van der Waals surface area contributed by atoms with Crippen LogP contribution in [0.3, 0.4) is 0 Å². The summed E-state index contributed by atoms with van der Waals surface area (Å²) in [6, 6.07) is 0. The van der Waals surface area contributed by atoms with E-state index in [4.69, 9.17) is 5.73 Å². The van der Waals surface area contributed by atoms with Gasteiger partial charge >= 0.3 is 0 Å². The third-order valence-corrected chi connectivity index (χ3v) is 3.04. The Kier molecular flexibility index (Phi) is 3.34. The zero-order valence-electron chi connectivity index (χ0n) is 10.8. The quantitative estimate of drug-likeness (QED) is 0.795. The van der Waals surface area contributed by atoms with E-state index in [0.29, 0.717) is 5.82 Å². The molecule has 90 valence electrons. The molecule has 0 atom stereocenters. The van der Waals surface area contributed by atoms with Crippen molar-refractivity contribution in [1.82, 2.24) is 9.97 Å². The van der Waals surface area contributed by atoms with E-state index in [2.05, 4.69) is 67.4 Å². The Morgan fingerprint density at radius 2 is 1.44 bits per heavy atom. The second kappa shape index (κ2) is 3.99. The molecule has 3 nitrogen and oxygen atoms in total. The zero-order chi connectivity index (χ0) is 12.7. The fourth-order valence-corrected chi connectivity index (χ4v) is 2.07. The van der Waals surface area contributed by atoms with Gasteiger partial charge < -0.3 is 5.73 Å². The van der Waals surface area contributed by atoms with Gasteiger partial charge in [0.25, 0.3) is 0 Å². The molecule has 0 aliphatic heterocycles. The molecule has 0 saturated carbocycles. The number of rotatable bonds is 0. The lowest BCUT2D eigenvalue weighted by Gasteiger charge is -2.24. The van der Waals surface area contributed by atoms with Crippen LogP contribution in [0.5, 0.6) is 0 Å². The van der Waals surface area contributed by atoms with Crippen molar-refractivity contribution in [3.8, 4) is 0 Å². The second-order valence-electron chi connectivity index (χ2n) is 6.10. The molecular weight excluding hydrogens is 266 g/mol. The Morgan fingerprint density at radius 3 is 1.81 bits per heavy atom. The van der Waals surface area contributed by atoms with Crippen LogP contribution in [0.15, 0.2) is 4.47 Å². The van der Waals surface area contributed by atoms with Gasteiger partial charge in [-0.1, -0.05) is 41.5 Å². The van der Waals surface area contributed by atoms with Gasteiger partial charge in [0.1, 0.15) is 11.6 Å². The molecule has 0 fully saturated rings. The van der Waals surface area contributed by atoms with E-state index >= 15 is 0 Å². The number of nitrogens with zero attached hydrogens (tertiary/aromatic N) is 2. The van der Waals surface area contributed by atoms with Gasteiger partial charge in [0.2, 0.25) is 0 Å². The van der Waals surface area contributed by atoms with Gasteiger partial charge in [-0.05, 0) is 15.9 Å². The highest BCUT2D eigenvalue weighted by molar-refractivity contribution is 9.10. The van der Waals surface area contributed by atoms with Gasteiger partial charge in [0.05, 0.1) is 10.2 Å². The average molecular weight is 286 g/mol. The van der Waals surface area contributed by atoms with E-state index < -0.39 is 0 Å². The molecule has 0 saturated heterocycles. The smallest absolute Gasteiger partial charge is 0.141 e. The predicted molar refractivity (Wildman–Crippen MR) is 71.5 cm³/mol. The van der Waals surface area contributed by atoms with Gasteiger partial charge in [0.15, 0.2) is 0 Å². The number of anilines is 1. The van der Waals surface area contributed by atoms with Crippen LogP contribution in [0.25, 0.3) is 0 Å². The molecule has 1 aromatic heterocycles. The maximum atomic E-state index is 5.92. The molecule has 0 amide bonds. The van der Waals surface area contributed by atoms with Crippen molar-refractivity contribution in [2.24, 2.45) is 0 Å². The van der Waals surface area contributed by atoms with Crippen molar-refractivity contribution < 1.29 is 0 Å². The molecule has 0 aliphatic rings. The highest BCUT2D eigenvalue weighted by Crippen LogP contribution is 2.33. The van der Waals surface area contributed by atoms with Gasteiger partial charge in [-0.3, -0.25) is 0 Å². The molecule has 0 unspecified atom stereocenters. The molecule has 0 spiro atoms. The molecule has 0 aromatic carbocycles. The fourth-order valence-electron chi connectivity index (χ4n) is 1.30. The Morgan fingerprint density at radius 1 is 0.938 bits per heavy atom. The van der Waals surface area contributed by atoms with Crippen molar-refractivity contribution in [2.45, 2.75) is 52.4 Å². The first-order chi connectivity index (χ1) is 7.03. The number of hydrogen-bond donors (Lipinski definition) is 1. The van der Waals surface area contributed by atoms with E-state index in [-0.39, 0.29) is 10.8 Å². The van der Waals surface area contributed by atoms with Gasteiger partial charge in [0, 0.05) is 10.8 Å². The highest BCUT2D eigenvalue weighted by atomic mass is 79.9. The van der Waals surface area contributed by atoms with Crippen LogP contribution in [0.2, 0.25) is 0 Å². The van der Waals surface area contributed by atoms with Crippen LogP contribution >= 0.6 is 15.9 Å². The van der Waals surface area contributed by atoms with Gasteiger partial charge in [-0.2, -0.15) is 0 Å². The van der Waals surface area contributed by atoms with Gasteiger partial charge in [-0.15, -0.1) is 0 Å². The molecule has 1 heterocycles. The van der Waals surface area contributed by atoms with Crippen molar-refractivity contribution in [3.05, 3.63) is 16.0 Å². The average Bonchev–Trinajstić information content (AvgIpc) is 2.05. The van der Waals surface area contributed by atoms with E-state index in [0.717, 1.165) is 16.0 Å². The lowest BCUT2D eigenvalue weighted by Crippen LogP contribution is -2.23. The summed E-state index contributed by atoms with van der Waals surface area (Å²) in [4.78, 5) is 8.98. The SMILES string of the molecule is CC(C)(C)c1nc(N)c(Br)c(C(C)(C)C)n1. The molecule has 16 heavy (non-hydrogen) atoms. The summed E-state index contributed by atoms with van der Waals surface area (Å²) in [7, 11) is 0. The molecular formula is C12H20BrN3. The van der Waals surface area contributed by atoms with Crippen LogP contribution in [0.1, 0.15) is 53.1 Å². The second-order valence-corrected chi connectivity index (χ2v) is 6.89. The maximum Gasteiger partial charge on any atom is 0.141 e. The number of halogens is 1. The normalized spacial score (nSPS) is 12.9. The minimum atomic E-state index is -0.0885. The first kappa shape index (κ1) is 13.4. The Balaban J connectivity index is 3.46. The monoisotopic (exact) mass is 285 g/mol. The Hall–Kier alpha value is -0.640. The summed E-state index contributed by atoms with van der Waals surface area (Å²) in [5.41, 5.74) is 6.75. The third kappa shape index (κ3) is 2.73. The summed E-state index contributed by atoms with van der Waals surface area (Å²) in [6.45, 7) is 12.6. The summed E-state index contributed by atoms with van der Waals surface area (Å²) in [5, 5.41) is 0. The van der Waals surface area contributed by atoms with Crippen LogP contribution in [0.4, 0.5) is 5.82 Å². The topological polar surface area (TPSA) is 51.8 Å². The summed E-state index contributed by atoms with van der Waals surface area (Å²) >= 11 is 3.47. The molecule has 1 aromatic rings. The molecule has 0 aliphatic carbocycles. The van der Waals surface area contributed by atoms with Crippen molar-refractivity contribution in [1.29, 1.82) is 0 Å². The summed E-state index contributed by atoms with van der Waals surface area (Å²) in [6.07, 6.45) is 0. The molecule has 0 bridgehead atoms. The first-order valence-corrected chi connectivity index (χ1v) is 6.17. The van der Waals surface area contributed by atoms with Crippen LogP contribution in [-0.2, 0) is 10.8 Å². The zero-order valence-corrected chi connectivity index (χ0v) is 12.4. The molecule has 4 heteroatoms. The van der Waals surface area contributed by atoms with Crippen molar-refractivity contribution in [3.63, 3.8) is 0 Å². The molecule has 1 rings (SSSR count). The van der Waals surface area contributed by atoms with Crippen molar-refractivity contribution >= 4 is 21.7 Å². The maximum absolute atomic E-state index is 5.92. The van der Waals surface area contributed by atoms with E-state index in [9.17, 15) is 0 Å². The number of nitrogens with two attached hydrogens (primary N) is 1. The van der Waals surface area contributed by atoms with Crippen LogP contribution < -0.4 is 5.73 Å². The lowest BCUT2D eigenvalue weighted by molar-refractivity contribution is 0.512. The first-order valence-electron chi connectivity index (χ1n) is 5.37. The molecule has 0 radical (unpaired) electrons. The number of hydrogen-bond acceptors (Lipinski definition) is 3. The number of aromatic nitrogens is 2. The van der Waals surface area contributed by atoms with E-state index in [1.807, 2.05) is 0 Å². The molecule has 2 N–H and O–H groups in total. The Bertz CT molecular complexity index is 400.